The van der Waals surface area contributed by atoms with Gasteiger partial charge < -0.3 is 9.47 Å². The molecule has 1 saturated heterocycles. The molecule has 1 fully saturated rings. The number of amides is 1. The Balaban J connectivity index is 1.42. The zero-order valence-electron chi connectivity index (χ0n) is 16.1. The van der Waals surface area contributed by atoms with Crippen LogP contribution >= 0.6 is 11.3 Å². The number of aromatic nitrogens is 3. The lowest BCUT2D eigenvalue weighted by molar-refractivity contribution is 0.0732. The topological polar surface area (TPSA) is 51.0 Å². The molecule has 27 heavy (non-hydrogen) atoms. The maximum Gasteiger partial charge on any atom is 0.264 e. The van der Waals surface area contributed by atoms with Crippen LogP contribution in [0, 0.1) is 5.92 Å². The van der Waals surface area contributed by atoms with Gasteiger partial charge in [-0.25, -0.2) is 0 Å². The number of nitrogens with zero attached hydrogens (tertiary/aromatic N) is 4. The minimum absolute atomic E-state index is 0.0925. The summed E-state index contributed by atoms with van der Waals surface area (Å²) < 4.78 is 2.31. The van der Waals surface area contributed by atoms with Crippen LogP contribution in [0.3, 0.4) is 0 Å². The first-order valence-corrected chi connectivity index (χ1v) is 11.4. The van der Waals surface area contributed by atoms with Gasteiger partial charge in [0.05, 0.1) is 10.9 Å². The van der Waals surface area contributed by atoms with Gasteiger partial charge in [-0.1, -0.05) is 13.3 Å². The first-order valence-electron chi connectivity index (χ1n) is 10.5. The van der Waals surface area contributed by atoms with Crippen LogP contribution in [0.2, 0.25) is 0 Å². The maximum absolute atomic E-state index is 13.4. The third kappa shape index (κ3) is 3.12. The summed E-state index contributed by atoms with van der Waals surface area (Å²) in [5.41, 5.74) is 1.41. The van der Waals surface area contributed by atoms with Crippen LogP contribution in [-0.2, 0) is 25.8 Å². The molecule has 4 heterocycles. The van der Waals surface area contributed by atoms with Crippen LogP contribution < -0.4 is 0 Å². The Hall–Kier alpha value is -1.69. The summed E-state index contributed by atoms with van der Waals surface area (Å²) in [5.74, 6) is 3.08. The number of aryl methyl sites for hydroxylation is 2. The predicted molar refractivity (Wildman–Crippen MR) is 106 cm³/mol. The molecule has 0 unspecified atom stereocenters. The van der Waals surface area contributed by atoms with Crippen molar-refractivity contribution in [2.24, 2.45) is 5.92 Å². The van der Waals surface area contributed by atoms with Crippen molar-refractivity contribution in [1.29, 1.82) is 0 Å². The molecule has 2 atom stereocenters. The number of hydrogen-bond donors (Lipinski definition) is 0. The van der Waals surface area contributed by atoms with E-state index in [2.05, 4.69) is 32.7 Å². The van der Waals surface area contributed by atoms with Gasteiger partial charge in [-0.2, -0.15) is 0 Å². The molecule has 0 aromatic carbocycles. The summed E-state index contributed by atoms with van der Waals surface area (Å²) in [6.07, 6.45) is 10.2. The Bertz CT molecular complexity index is 854. The van der Waals surface area contributed by atoms with E-state index in [1.165, 1.54) is 36.1 Å². The molecule has 3 aliphatic rings. The summed E-state index contributed by atoms with van der Waals surface area (Å²) in [4.78, 5) is 17.8. The van der Waals surface area contributed by atoms with Crippen LogP contribution in [0.15, 0.2) is 6.07 Å². The lowest BCUT2D eigenvalue weighted by Crippen LogP contribution is -2.31. The number of hydrogen-bond acceptors (Lipinski definition) is 4. The minimum Gasteiger partial charge on any atom is -0.328 e. The molecule has 5 rings (SSSR count). The molecule has 2 aromatic rings. The highest BCUT2D eigenvalue weighted by Crippen LogP contribution is 2.37. The zero-order chi connectivity index (χ0) is 18.4. The number of thiophene rings is 1. The van der Waals surface area contributed by atoms with E-state index in [9.17, 15) is 4.79 Å². The molecule has 0 bridgehead atoms. The van der Waals surface area contributed by atoms with Crippen molar-refractivity contribution in [2.75, 3.05) is 6.54 Å². The Kier molecular flexibility index (Phi) is 4.54. The van der Waals surface area contributed by atoms with E-state index in [-0.39, 0.29) is 11.9 Å². The highest BCUT2D eigenvalue weighted by Gasteiger charge is 2.36. The Labute approximate surface area is 164 Å². The molecule has 0 radical (unpaired) electrons. The van der Waals surface area contributed by atoms with Gasteiger partial charge in [0.15, 0.2) is 5.82 Å². The van der Waals surface area contributed by atoms with Crippen molar-refractivity contribution in [1.82, 2.24) is 19.7 Å². The number of likely N-dealkylation sites (tertiary alicyclic amines) is 1. The molecule has 0 spiro atoms. The Morgan fingerprint density at radius 3 is 2.96 bits per heavy atom. The third-order valence-corrected chi connectivity index (χ3v) is 7.71. The predicted octanol–water partition coefficient (Wildman–Crippen LogP) is 4.17. The molecule has 1 aliphatic carbocycles. The number of carbonyl (C=O) groups excluding carboxylic acids is 1. The van der Waals surface area contributed by atoms with Crippen molar-refractivity contribution in [3.8, 4) is 0 Å². The Morgan fingerprint density at radius 1 is 1.11 bits per heavy atom. The summed E-state index contributed by atoms with van der Waals surface area (Å²) in [5, 5.41) is 9.01. The van der Waals surface area contributed by atoms with E-state index < -0.39 is 0 Å². The monoisotopic (exact) mass is 384 g/mol. The van der Waals surface area contributed by atoms with Crippen molar-refractivity contribution in [2.45, 2.75) is 77.3 Å². The van der Waals surface area contributed by atoms with Gasteiger partial charge in [0.1, 0.15) is 5.82 Å². The number of fused-ring (bicyclic) bond motifs is 2. The zero-order valence-corrected chi connectivity index (χ0v) is 16.9. The van der Waals surface area contributed by atoms with Gasteiger partial charge in [0.25, 0.3) is 5.91 Å². The lowest BCUT2D eigenvalue weighted by atomic mass is 9.90. The average molecular weight is 385 g/mol. The molecule has 0 saturated carbocycles. The van der Waals surface area contributed by atoms with Crippen molar-refractivity contribution in [3.63, 3.8) is 0 Å². The summed E-state index contributed by atoms with van der Waals surface area (Å²) in [7, 11) is 0. The fourth-order valence-corrected chi connectivity index (χ4v) is 6.15. The molecular weight excluding hydrogens is 356 g/mol. The highest BCUT2D eigenvalue weighted by molar-refractivity contribution is 7.14. The number of rotatable bonds is 2. The van der Waals surface area contributed by atoms with E-state index in [0.29, 0.717) is 0 Å². The summed E-state index contributed by atoms with van der Waals surface area (Å²) in [6.45, 7) is 4.15. The van der Waals surface area contributed by atoms with Gasteiger partial charge >= 0.3 is 0 Å². The third-order valence-electron chi connectivity index (χ3n) is 6.49. The van der Waals surface area contributed by atoms with E-state index in [4.69, 9.17) is 0 Å². The molecule has 1 amide bonds. The second-order valence-electron chi connectivity index (χ2n) is 8.50. The van der Waals surface area contributed by atoms with Gasteiger partial charge in [-0.05, 0) is 62.5 Å². The minimum atomic E-state index is 0.0925. The largest absolute Gasteiger partial charge is 0.328 e. The van der Waals surface area contributed by atoms with Crippen LogP contribution in [0.25, 0.3) is 0 Å². The van der Waals surface area contributed by atoms with Gasteiger partial charge in [-0.3, -0.25) is 4.79 Å². The standard InChI is InChI=1S/C21H28N4OS/c1-14-8-9-17-15(12-14)13-18(27-17)21(26)24-11-5-6-16(24)20-23-22-19-7-3-2-4-10-25(19)20/h13-14,16H,2-12H2,1H3/t14-,16-/m0/s1. The second-order valence-corrected chi connectivity index (χ2v) is 9.64. The molecule has 144 valence electrons. The smallest absolute Gasteiger partial charge is 0.264 e. The quantitative estimate of drug-likeness (QED) is 0.781. The maximum atomic E-state index is 13.4. The van der Waals surface area contributed by atoms with Crippen LogP contribution in [-0.4, -0.2) is 32.1 Å². The van der Waals surface area contributed by atoms with Gasteiger partial charge in [0.2, 0.25) is 0 Å². The van der Waals surface area contributed by atoms with Crippen LogP contribution in [0.1, 0.15) is 83.3 Å². The summed E-state index contributed by atoms with van der Waals surface area (Å²) >= 11 is 1.73. The lowest BCUT2D eigenvalue weighted by Gasteiger charge is -2.24. The normalized spacial score (nSPS) is 25.1. The first-order chi connectivity index (χ1) is 13.2. The van der Waals surface area contributed by atoms with E-state index in [1.54, 1.807) is 11.3 Å². The summed E-state index contributed by atoms with van der Waals surface area (Å²) in [6, 6.07) is 2.27. The fraction of sp³-hybridized carbons (Fsp3) is 0.667. The van der Waals surface area contributed by atoms with E-state index >= 15 is 0 Å². The van der Waals surface area contributed by atoms with Crippen molar-refractivity contribution >= 4 is 17.2 Å². The molecule has 2 aliphatic heterocycles. The molecule has 5 nitrogen and oxygen atoms in total. The number of carbonyl (C=O) groups is 1. The first kappa shape index (κ1) is 17.4. The van der Waals surface area contributed by atoms with E-state index in [0.717, 1.165) is 67.6 Å². The molecular formula is C21H28N4OS. The fourth-order valence-electron chi connectivity index (χ4n) is 4.98. The van der Waals surface area contributed by atoms with Crippen molar-refractivity contribution < 1.29 is 4.79 Å². The van der Waals surface area contributed by atoms with E-state index in [1.807, 2.05) is 0 Å². The second kappa shape index (κ2) is 7.04. The van der Waals surface area contributed by atoms with Gasteiger partial charge in [0, 0.05) is 24.4 Å². The average Bonchev–Trinajstić information content (AvgIpc) is 3.35. The van der Waals surface area contributed by atoms with Gasteiger partial charge in [-0.15, -0.1) is 21.5 Å². The highest BCUT2D eigenvalue weighted by atomic mass is 32.1. The molecule has 0 N–H and O–H groups in total. The molecule has 6 heteroatoms. The SMILES string of the molecule is C[C@H]1CCc2sc(C(=O)N3CCC[C@H]3c3nnc4n3CCCCC4)cc2C1. The molecule has 2 aromatic heterocycles. The van der Waals surface area contributed by atoms with Crippen LogP contribution in [0.4, 0.5) is 0 Å². The van der Waals surface area contributed by atoms with Crippen molar-refractivity contribution in [3.05, 3.63) is 33.0 Å². The van der Waals surface area contributed by atoms with Crippen LogP contribution in [0.5, 0.6) is 0 Å². The Morgan fingerprint density at radius 2 is 2.04 bits per heavy atom.